The highest BCUT2D eigenvalue weighted by Gasteiger charge is 2.16. The van der Waals surface area contributed by atoms with Crippen LogP contribution in [0.2, 0.25) is 0 Å². The first-order chi connectivity index (χ1) is 8.83. The molecule has 0 spiro atoms. The summed E-state index contributed by atoms with van der Waals surface area (Å²) in [6, 6.07) is 4.01. The second-order valence-electron chi connectivity index (χ2n) is 4.17. The molecule has 3 heterocycles. The van der Waals surface area contributed by atoms with Crippen molar-refractivity contribution in [3.63, 3.8) is 0 Å². The van der Waals surface area contributed by atoms with Crippen LogP contribution in [0.1, 0.15) is 9.67 Å². The zero-order valence-corrected chi connectivity index (χ0v) is 11.4. The fraction of sp³-hybridized carbons (Fsp3) is 0.417. The van der Waals surface area contributed by atoms with Crippen molar-refractivity contribution in [1.82, 2.24) is 10.6 Å². The predicted molar refractivity (Wildman–Crippen MR) is 74.6 cm³/mol. The van der Waals surface area contributed by atoms with E-state index in [1.165, 1.54) is 9.40 Å². The first-order valence-electron chi connectivity index (χ1n) is 5.90. The summed E-state index contributed by atoms with van der Waals surface area (Å²) >= 11 is 3.21. The third-order valence-corrected chi connectivity index (χ3v) is 4.95. The Morgan fingerprint density at radius 3 is 3.28 bits per heavy atom. The Balaban J connectivity index is 1.59. The first kappa shape index (κ1) is 12.1. The molecule has 0 bridgehead atoms. The molecule has 3 rings (SSSR count). The molecule has 1 aliphatic rings. The molecule has 0 aromatic carbocycles. The number of hydrogen-bond donors (Lipinski definition) is 2. The highest BCUT2D eigenvalue weighted by atomic mass is 32.1. The van der Waals surface area contributed by atoms with Crippen LogP contribution in [-0.4, -0.2) is 38.3 Å². The van der Waals surface area contributed by atoms with Gasteiger partial charge in [-0.05, 0) is 17.5 Å². The van der Waals surface area contributed by atoms with Crippen molar-refractivity contribution in [3.8, 4) is 0 Å². The monoisotopic (exact) mass is 282 g/mol. The topological polar surface area (TPSA) is 50.4 Å². The summed E-state index contributed by atoms with van der Waals surface area (Å²) < 4.78 is 7.90. The van der Waals surface area contributed by atoms with Crippen LogP contribution >= 0.6 is 22.7 Å². The molecule has 2 N–H and O–H groups in total. The zero-order valence-electron chi connectivity index (χ0n) is 9.77. The average molecular weight is 282 g/mol. The summed E-state index contributed by atoms with van der Waals surface area (Å²) in [7, 11) is 0. The Morgan fingerprint density at radius 2 is 2.50 bits per heavy atom. The molecule has 1 atom stereocenters. The summed E-state index contributed by atoms with van der Waals surface area (Å²) in [6.45, 7) is 2.98. The van der Waals surface area contributed by atoms with Gasteiger partial charge in [-0.2, -0.15) is 0 Å². The number of morpholine rings is 1. The molecule has 1 aliphatic heterocycles. The lowest BCUT2D eigenvalue weighted by Crippen LogP contribution is -2.45. The van der Waals surface area contributed by atoms with Crippen molar-refractivity contribution in [2.24, 2.45) is 0 Å². The molecule has 1 saturated heterocycles. The molecule has 1 fully saturated rings. The molecule has 1 amide bonds. The molecule has 2 aromatic rings. The quantitative estimate of drug-likeness (QED) is 0.900. The number of hydrogen-bond acceptors (Lipinski definition) is 5. The number of ether oxygens (including phenoxy) is 1. The fourth-order valence-corrected chi connectivity index (χ4v) is 3.95. The minimum absolute atomic E-state index is 0.00225. The highest BCUT2D eigenvalue weighted by molar-refractivity contribution is 7.27. The summed E-state index contributed by atoms with van der Waals surface area (Å²) in [5, 5.41) is 8.22. The van der Waals surface area contributed by atoms with Crippen LogP contribution < -0.4 is 10.6 Å². The van der Waals surface area contributed by atoms with E-state index in [1.54, 1.807) is 22.7 Å². The Hall–Kier alpha value is -0.950. The van der Waals surface area contributed by atoms with Crippen molar-refractivity contribution in [1.29, 1.82) is 0 Å². The van der Waals surface area contributed by atoms with Gasteiger partial charge in [-0.25, -0.2) is 0 Å². The van der Waals surface area contributed by atoms with E-state index in [0.717, 1.165) is 24.6 Å². The van der Waals surface area contributed by atoms with Gasteiger partial charge in [0, 0.05) is 29.0 Å². The minimum atomic E-state index is -0.00225. The third kappa shape index (κ3) is 2.56. The van der Waals surface area contributed by atoms with Crippen LogP contribution in [0.15, 0.2) is 17.5 Å². The molecular weight excluding hydrogens is 268 g/mol. The van der Waals surface area contributed by atoms with Gasteiger partial charge in [-0.1, -0.05) is 0 Å². The normalized spacial score (nSPS) is 20.1. The highest BCUT2D eigenvalue weighted by Crippen LogP contribution is 2.29. The van der Waals surface area contributed by atoms with E-state index in [-0.39, 0.29) is 12.0 Å². The number of carbonyl (C=O) groups is 1. The zero-order chi connectivity index (χ0) is 12.4. The Morgan fingerprint density at radius 1 is 1.56 bits per heavy atom. The number of rotatable bonds is 3. The predicted octanol–water partition coefficient (Wildman–Crippen LogP) is 1.68. The van der Waals surface area contributed by atoms with Crippen LogP contribution in [0, 0.1) is 0 Å². The van der Waals surface area contributed by atoms with Gasteiger partial charge in [0.05, 0.1) is 17.6 Å². The molecule has 18 heavy (non-hydrogen) atoms. The van der Waals surface area contributed by atoms with E-state index < -0.39 is 0 Å². The van der Waals surface area contributed by atoms with Gasteiger partial charge in [0.15, 0.2) is 0 Å². The van der Waals surface area contributed by atoms with Gasteiger partial charge >= 0.3 is 0 Å². The summed E-state index contributed by atoms with van der Waals surface area (Å²) in [4.78, 5) is 12.8. The van der Waals surface area contributed by atoms with Crippen molar-refractivity contribution < 1.29 is 9.53 Å². The SMILES string of the molecule is O=C(NCC1CNCCO1)c1cc2sccc2s1. The number of fused-ring (bicyclic) bond motifs is 1. The molecule has 0 saturated carbocycles. The molecule has 4 nitrogen and oxygen atoms in total. The van der Waals surface area contributed by atoms with Crippen LogP contribution in [0.25, 0.3) is 9.40 Å². The Kier molecular flexibility index (Phi) is 3.60. The minimum Gasteiger partial charge on any atom is -0.374 e. The van der Waals surface area contributed by atoms with Crippen molar-refractivity contribution in [2.75, 3.05) is 26.2 Å². The van der Waals surface area contributed by atoms with Crippen LogP contribution in [0.5, 0.6) is 0 Å². The number of carbonyl (C=O) groups excluding carboxylic acids is 1. The lowest BCUT2D eigenvalue weighted by atomic mass is 10.3. The van der Waals surface area contributed by atoms with Crippen LogP contribution in [0.4, 0.5) is 0 Å². The second kappa shape index (κ2) is 5.36. The Bertz CT molecular complexity index is 515. The van der Waals surface area contributed by atoms with Crippen molar-refractivity contribution in [3.05, 3.63) is 22.4 Å². The number of thiophene rings is 2. The van der Waals surface area contributed by atoms with E-state index in [9.17, 15) is 4.79 Å². The molecule has 0 radical (unpaired) electrons. The lowest BCUT2D eigenvalue weighted by molar-refractivity contribution is 0.0287. The standard InChI is InChI=1S/C12H14N2O2S2/c15-12(14-7-8-6-13-2-3-16-8)11-5-10-9(18-11)1-4-17-10/h1,4-5,8,13H,2-3,6-7H2,(H,14,15). The maximum atomic E-state index is 12.0. The molecule has 96 valence electrons. The van der Waals surface area contributed by atoms with Crippen molar-refractivity contribution >= 4 is 38.0 Å². The van der Waals surface area contributed by atoms with Crippen LogP contribution in [-0.2, 0) is 4.74 Å². The summed E-state index contributed by atoms with van der Waals surface area (Å²) in [5.74, 6) is -0.00225. The largest absolute Gasteiger partial charge is 0.374 e. The summed E-state index contributed by atoms with van der Waals surface area (Å²) in [5.41, 5.74) is 0. The van der Waals surface area contributed by atoms with Gasteiger partial charge in [-0.15, -0.1) is 22.7 Å². The molecular formula is C12H14N2O2S2. The van der Waals surface area contributed by atoms with E-state index in [0.29, 0.717) is 6.54 Å². The van der Waals surface area contributed by atoms with Gasteiger partial charge in [0.25, 0.3) is 5.91 Å². The van der Waals surface area contributed by atoms with E-state index in [4.69, 9.17) is 4.74 Å². The number of nitrogens with one attached hydrogen (secondary N) is 2. The third-order valence-electron chi connectivity index (χ3n) is 2.86. The van der Waals surface area contributed by atoms with E-state index in [2.05, 4.69) is 16.7 Å². The lowest BCUT2D eigenvalue weighted by Gasteiger charge is -2.23. The number of amides is 1. The van der Waals surface area contributed by atoms with Gasteiger partial charge in [0.1, 0.15) is 0 Å². The average Bonchev–Trinajstić information content (AvgIpc) is 2.98. The van der Waals surface area contributed by atoms with Crippen molar-refractivity contribution in [2.45, 2.75) is 6.10 Å². The van der Waals surface area contributed by atoms with Gasteiger partial charge < -0.3 is 15.4 Å². The van der Waals surface area contributed by atoms with Gasteiger partial charge in [0.2, 0.25) is 0 Å². The molecule has 0 aliphatic carbocycles. The maximum absolute atomic E-state index is 12.0. The van der Waals surface area contributed by atoms with Crippen LogP contribution in [0.3, 0.4) is 0 Å². The second-order valence-corrected chi connectivity index (χ2v) is 6.20. The smallest absolute Gasteiger partial charge is 0.261 e. The fourth-order valence-electron chi connectivity index (χ4n) is 1.92. The van der Waals surface area contributed by atoms with Gasteiger partial charge in [-0.3, -0.25) is 4.79 Å². The maximum Gasteiger partial charge on any atom is 0.261 e. The molecule has 2 aromatic heterocycles. The molecule has 1 unspecified atom stereocenters. The molecule has 6 heteroatoms. The first-order valence-corrected chi connectivity index (χ1v) is 7.60. The van der Waals surface area contributed by atoms with E-state index in [1.807, 2.05) is 11.4 Å². The summed E-state index contributed by atoms with van der Waals surface area (Å²) in [6.07, 6.45) is 0.0868. The Labute approximate surface area is 113 Å². The van der Waals surface area contributed by atoms with E-state index >= 15 is 0 Å².